The van der Waals surface area contributed by atoms with E-state index in [4.69, 9.17) is 9.47 Å². The van der Waals surface area contributed by atoms with Gasteiger partial charge >= 0.3 is 0 Å². The number of nitrogens with zero attached hydrogens (tertiary/aromatic N) is 2. The molecule has 38 heavy (non-hydrogen) atoms. The molecule has 2 aliphatic heterocycles. The highest BCUT2D eigenvalue weighted by Crippen LogP contribution is 2.39. The highest BCUT2D eigenvalue weighted by molar-refractivity contribution is 5.33. The third-order valence-corrected chi connectivity index (χ3v) is 8.61. The van der Waals surface area contributed by atoms with Crippen LogP contribution in [0.1, 0.15) is 54.4 Å². The standard InChI is InChI=1S/C34H44N2O2/c1-28-10-12-29(13-11-28)25-35-21-19-34(20-22-35)18-6-5-8-31-7-3-4-9-33(31)38-24-23-36(27-34)26-30-14-16-32(37-2)17-15-30/h3-4,7,9-17H,5-6,8,18-27H2,1-2H3. The molecule has 202 valence electrons. The number of ether oxygens (including phenoxy) is 2. The minimum Gasteiger partial charge on any atom is -0.497 e. The van der Waals surface area contributed by atoms with Gasteiger partial charge in [-0.3, -0.25) is 9.80 Å². The van der Waals surface area contributed by atoms with Crippen LogP contribution in [-0.2, 0) is 19.5 Å². The number of hydrogen-bond acceptors (Lipinski definition) is 4. The zero-order chi connectivity index (χ0) is 26.2. The largest absolute Gasteiger partial charge is 0.497 e. The summed E-state index contributed by atoms with van der Waals surface area (Å²) in [5.74, 6) is 1.98. The van der Waals surface area contributed by atoms with Crippen molar-refractivity contribution in [3.8, 4) is 11.5 Å². The van der Waals surface area contributed by atoms with Gasteiger partial charge in [-0.2, -0.15) is 0 Å². The fourth-order valence-corrected chi connectivity index (χ4v) is 6.25. The second kappa shape index (κ2) is 12.8. The summed E-state index contributed by atoms with van der Waals surface area (Å²) in [6.07, 6.45) is 7.48. The molecular weight excluding hydrogens is 468 g/mol. The lowest BCUT2D eigenvalue weighted by atomic mass is 9.73. The van der Waals surface area contributed by atoms with Gasteiger partial charge in [0.1, 0.15) is 18.1 Å². The first-order valence-electron chi connectivity index (χ1n) is 14.4. The first-order valence-corrected chi connectivity index (χ1v) is 14.4. The summed E-state index contributed by atoms with van der Waals surface area (Å²) < 4.78 is 11.8. The third-order valence-electron chi connectivity index (χ3n) is 8.61. The Morgan fingerprint density at radius 3 is 2.18 bits per heavy atom. The number of benzene rings is 3. The molecule has 0 aromatic heterocycles. The zero-order valence-electron chi connectivity index (χ0n) is 23.3. The Morgan fingerprint density at radius 2 is 1.45 bits per heavy atom. The SMILES string of the molecule is COc1ccc(CN2CCOc3ccccc3CCCCC3(CCN(Cc4ccc(C)cc4)CC3)C2)cc1. The Hall–Kier alpha value is -2.82. The number of hydrogen-bond donors (Lipinski definition) is 0. The van der Waals surface area contributed by atoms with Crippen LogP contribution in [0.5, 0.6) is 11.5 Å². The van der Waals surface area contributed by atoms with Gasteiger partial charge in [0.05, 0.1) is 7.11 Å². The van der Waals surface area contributed by atoms with Crippen LogP contribution in [0, 0.1) is 12.3 Å². The topological polar surface area (TPSA) is 24.9 Å². The van der Waals surface area contributed by atoms with Gasteiger partial charge < -0.3 is 9.47 Å². The van der Waals surface area contributed by atoms with Crippen molar-refractivity contribution < 1.29 is 9.47 Å². The lowest BCUT2D eigenvalue weighted by Crippen LogP contribution is -2.46. The lowest BCUT2D eigenvalue weighted by molar-refractivity contribution is 0.0410. The average Bonchev–Trinajstić information content (AvgIpc) is 2.94. The molecule has 0 N–H and O–H groups in total. The molecule has 0 saturated carbocycles. The molecule has 0 unspecified atom stereocenters. The van der Waals surface area contributed by atoms with Gasteiger partial charge in [0.2, 0.25) is 0 Å². The summed E-state index contributed by atoms with van der Waals surface area (Å²) in [5.41, 5.74) is 5.84. The van der Waals surface area contributed by atoms with Crippen molar-refractivity contribution in [3.63, 3.8) is 0 Å². The fraction of sp³-hybridized carbons (Fsp3) is 0.471. The Kier molecular flexibility index (Phi) is 9.03. The molecule has 2 aliphatic rings. The molecule has 5 rings (SSSR count). The van der Waals surface area contributed by atoms with Crippen molar-refractivity contribution in [2.24, 2.45) is 5.41 Å². The summed E-state index contributed by atoms with van der Waals surface area (Å²) in [6, 6.07) is 26.3. The first-order chi connectivity index (χ1) is 18.6. The Balaban J connectivity index is 1.30. The molecule has 1 spiro atoms. The van der Waals surface area contributed by atoms with Crippen molar-refractivity contribution in [1.82, 2.24) is 9.80 Å². The maximum Gasteiger partial charge on any atom is 0.122 e. The van der Waals surface area contributed by atoms with E-state index < -0.39 is 0 Å². The van der Waals surface area contributed by atoms with E-state index in [0.717, 1.165) is 50.7 Å². The summed E-state index contributed by atoms with van der Waals surface area (Å²) in [4.78, 5) is 5.32. The highest BCUT2D eigenvalue weighted by Gasteiger charge is 2.36. The van der Waals surface area contributed by atoms with Gasteiger partial charge in [-0.25, -0.2) is 0 Å². The molecule has 4 nitrogen and oxygen atoms in total. The van der Waals surface area contributed by atoms with Crippen molar-refractivity contribution in [2.45, 2.75) is 58.5 Å². The fourth-order valence-electron chi connectivity index (χ4n) is 6.25. The van der Waals surface area contributed by atoms with Crippen LogP contribution in [0.15, 0.2) is 72.8 Å². The van der Waals surface area contributed by atoms with E-state index in [0.29, 0.717) is 5.41 Å². The second-order valence-corrected chi connectivity index (χ2v) is 11.5. The van der Waals surface area contributed by atoms with Crippen molar-refractivity contribution in [2.75, 3.05) is 39.9 Å². The molecule has 3 aromatic rings. The first kappa shape index (κ1) is 26.8. The van der Waals surface area contributed by atoms with E-state index >= 15 is 0 Å². The Bertz CT molecular complexity index is 1130. The van der Waals surface area contributed by atoms with E-state index in [1.807, 2.05) is 0 Å². The number of methoxy groups -OCH3 is 1. The van der Waals surface area contributed by atoms with E-state index in [9.17, 15) is 0 Å². The molecule has 3 aromatic carbocycles. The molecule has 0 aliphatic carbocycles. The van der Waals surface area contributed by atoms with Crippen molar-refractivity contribution in [1.29, 1.82) is 0 Å². The molecule has 0 bridgehead atoms. The number of piperidine rings is 1. The van der Waals surface area contributed by atoms with Crippen molar-refractivity contribution >= 4 is 0 Å². The van der Waals surface area contributed by atoms with Crippen LogP contribution in [0.2, 0.25) is 0 Å². The predicted molar refractivity (Wildman–Crippen MR) is 156 cm³/mol. The monoisotopic (exact) mass is 512 g/mol. The van der Waals surface area contributed by atoms with Crippen LogP contribution >= 0.6 is 0 Å². The minimum absolute atomic E-state index is 0.370. The molecule has 0 amide bonds. The van der Waals surface area contributed by atoms with Crippen LogP contribution < -0.4 is 9.47 Å². The number of rotatable bonds is 5. The van der Waals surface area contributed by atoms with Crippen molar-refractivity contribution in [3.05, 3.63) is 95.1 Å². The Labute approximate surface area is 229 Å². The molecule has 0 atom stereocenters. The van der Waals surface area contributed by atoms with Gasteiger partial charge in [-0.1, -0.05) is 66.6 Å². The van der Waals surface area contributed by atoms with Crippen LogP contribution in [-0.4, -0.2) is 49.7 Å². The zero-order valence-corrected chi connectivity index (χ0v) is 23.3. The van der Waals surface area contributed by atoms with Crippen LogP contribution in [0.4, 0.5) is 0 Å². The number of aryl methyl sites for hydroxylation is 2. The van der Waals surface area contributed by atoms with E-state index in [1.165, 1.54) is 67.4 Å². The number of likely N-dealkylation sites (tertiary alicyclic amines) is 1. The summed E-state index contributed by atoms with van der Waals surface area (Å²) >= 11 is 0. The predicted octanol–water partition coefficient (Wildman–Crippen LogP) is 6.89. The van der Waals surface area contributed by atoms with Gasteiger partial charge in [-0.15, -0.1) is 0 Å². The quantitative estimate of drug-likeness (QED) is 0.371. The summed E-state index contributed by atoms with van der Waals surface area (Å²) in [5, 5.41) is 0. The molecular formula is C34H44N2O2. The number of para-hydroxylation sites is 1. The van der Waals surface area contributed by atoms with Gasteiger partial charge in [0.15, 0.2) is 0 Å². The minimum atomic E-state index is 0.370. The van der Waals surface area contributed by atoms with Gasteiger partial charge in [0.25, 0.3) is 0 Å². The lowest BCUT2D eigenvalue weighted by Gasteiger charge is -2.45. The van der Waals surface area contributed by atoms with Crippen LogP contribution in [0.3, 0.4) is 0 Å². The van der Waals surface area contributed by atoms with E-state index in [1.54, 1.807) is 7.11 Å². The molecule has 0 radical (unpaired) electrons. The van der Waals surface area contributed by atoms with Gasteiger partial charge in [-0.05, 0) is 92.4 Å². The summed E-state index contributed by atoms with van der Waals surface area (Å²) in [7, 11) is 1.73. The maximum absolute atomic E-state index is 6.36. The molecule has 1 saturated heterocycles. The summed E-state index contributed by atoms with van der Waals surface area (Å²) in [6.45, 7) is 9.35. The molecule has 1 fully saturated rings. The van der Waals surface area contributed by atoms with Gasteiger partial charge in [0, 0.05) is 26.2 Å². The van der Waals surface area contributed by atoms with Crippen LogP contribution in [0.25, 0.3) is 0 Å². The Morgan fingerprint density at radius 1 is 0.763 bits per heavy atom. The normalized spacial score (nSPS) is 19.1. The molecule has 2 heterocycles. The molecule has 4 heteroatoms. The van der Waals surface area contributed by atoms with E-state index in [2.05, 4.69) is 89.5 Å². The highest BCUT2D eigenvalue weighted by atomic mass is 16.5. The smallest absolute Gasteiger partial charge is 0.122 e. The second-order valence-electron chi connectivity index (χ2n) is 11.5. The average molecular weight is 513 g/mol. The number of fused-ring (bicyclic) bond motifs is 1. The third kappa shape index (κ3) is 7.18. The maximum atomic E-state index is 6.36. The van der Waals surface area contributed by atoms with E-state index in [-0.39, 0.29) is 0 Å².